The Labute approximate surface area is 116 Å². The van der Waals surface area contributed by atoms with Crippen molar-refractivity contribution in [3.8, 4) is 11.5 Å². The summed E-state index contributed by atoms with van der Waals surface area (Å²) in [7, 11) is 0. The molecule has 0 saturated carbocycles. The van der Waals surface area contributed by atoms with Crippen molar-refractivity contribution < 1.29 is 15.0 Å². The van der Waals surface area contributed by atoms with Crippen molar-refractivity contribution in [1.29, 1.82) is 0 Å². The highest BCUT2D eigenvalue weighted by Gasteiger charge is 2.02. The van der Waals surface area contributed by atoms with Crippen LogP contribution in [0.15, 0.2) is 53.6 Å². The van der Waals surface area contributed by atoms with Crippen LogP contribution >= 0.6 is 0 Å². The molecule has 5 heteroatoms. The average Bonchev–Trinajstić information content (AvgIpc) is 2.42. The molecular formula is C15H14N2O3. The average molecular weight is 270 g/mol. The molecule has 3 N–H and O–H groups in total. The van der Waals surface area contributed by atoms with Crippen molar-refractivity contribution in [3.63, 3.8) is 0 Å². The van der Waals surface area contributed by atoms with Gasteiger partial charge in [-0.3, -0.25) is 4.79 Å². The Morgan fingerprint density at radius 2 is 1.90 bits per heavy atom. The van der Waals surface area contributed by atoms with Crippen molar-refractivity contribution in [2.24, 2.45) is 5.10 Å². The highest BCUT2D eigenvalue weighted by Crippen LogP contribution is 2.20. The van der Waals surface area contributed by atoms with E-state index in [9.17, 15) is 9.90 Å². The number of nitrogens with zero attached hydrogens (tertiary/aromatic N) is 1. The molecule has 0 aliphatic rings. The van der Waals surface area contributed by atoms with Crippen LogP contribution in [0.2, 0.25) is 0 Å². The van der Waals surface area contributed by atoms with Gasteiger partial charge in [0.05, 0.1) is 12.6 Å². The first kappa shape index (κ1) is 13.6. The first-order valence-electron chi connectivity index (χ1n) is 6.03. The predicted octanol–water partition coefficient (Wildman–Crippen LogP) is 1.79. The van der Waals surface area contributed by atoms with E-state index in [-0.39, 0.29) is 23.8 Å². The van der Waals surface area contributed by atoms with Gasteiger partial charge in [0.1, 0.15) is 11.5 Å². The molecule has 102 valence electrons. The number of aromatic hydroxyl groups is 2. The Morgan fingerprint density at radius 3 is 2.60 bits per heavy atom. The second-order valence-electron chi connectivity index (χ2n) is 4.20. The van der Waals surface area contributed by atoms with Crippen LogP contribution in [0.3, 0.4) is 0 Å². The molecule has 0 aromatic heterocycles. The third-order valence-corrected chi connectivity index (χ3v) is 2.61. The van der Waals surface area contributed by atoms with E-state index in [1.54, 1.807) is 0 Å². The number of hydrazone groups is 1. The molecule has 0 heterocycles. The lowest BCUT2D eigenvalue weighted by molar-refractivity contribution is -0.120. The fourth-order valence-electron chi connectivity index (χ4n) is 1.64. The molecule has 0 aliphatic heterocycles. The normalized spacial score (nSPS) is 10.6. The summed E-state index contributed by atoms with van der Waals surface area (Å²) in [5.74, 6) is -0.385. The van der Waals surface area contributed by atoms with E-state index in [1.807, 2.05) is 30.3 Å². The van der Waals surface area contributed by atoms with Gasteiger partial charge in [0.2, 0.25) is 5.91 Å². The van der Waals surface area contributed by atoms with Crippen LogP contribution in [0.4, 0.5) is 0 Å². The summed E-state index contributed by atoms with van der Waals surface area (Å²) in [6.45, 7) is 0. The molecule has 0 radical (unpaired) electrons. The van der Waals surface area contributed by atoms with Crippen molar-refractivity contribution >= 4 is 12.1 Å². The number of carbonyl (C=O) groups excluding carboxylic acids is 1. The molecule has 0 bridgehead atoms. The highest BCUT2D eigenvalue weighted by atomic mass is 16.3. The molecule has 0 unspecified atom stereocenters. The number of hydrogen-bond donors (Lipinski definition) is 3. The molecule has 0 fully saturated rings. The van der Waals surface area contributed by atoms with Crippen LogP contribution in [0.5, 0.6) is 11.5 Å². The summed E-state index contributed by atoms with van der Waals surface area (Å²) < 4.78 is 0. The van der Waals surface area contributed by atoms with E-state index in [4.69, 9.17) is 5.11 Å². The molecule has 0 atom stereocenters. The Kier molecular flexibility index (Phi) is 4.34. The van der Waals surface area contributed by atoms with E-state index in [1.165, 1.54) is 24.4 Å². The summed E-state index contributed by atoms with van der Waals surface area (Å²) in [6, 6.07) is 13.4. The van der Waals surface area contributed by atoms with Crippen LogP contribution in [0.25, 0.3) is 0 Å². The molecular weight excluding hydrogens is 256 g/mol. The minimum absolute atomic E-state index is 0.0345. The van der Waals surface area contributed by atoms with E-state index < -0.39 is 0 Å². The van der Waals surface area contributed by atoms with Gasteiger partial charge in [-0.2, -0.15) is 5.10 Å². The van der Waals surface area contributed by atoms with Crippen molar-refractivity contribution in [3.05, 3.63) is 59.7 Å². The number of carbonyl (C=O) groups is 1. The first-order valence-corrected chi connectivity index (χ1v) is 6.03. The van der Waals surface area contributed by atoms with Gasteiger partial charge < -0.3 is 10.2 Å². The minimum atomic E-state index is -0.245. The fraction of sp³-hybridized carbons (Fsp3) is 0.0667. The van der Waals surface area contributed by atoms with Gasteiger partial charge in [-0.1, -0.05) is 30.3 Å². The SMILES string of the molecule is O=C(Cc1ccccc1)N/N=C\c1ccc(O)cc1O. The monoisotopic (exact) mass is 270 g/mol. The predicted molar refractivity (Wildman–Crippen MR) is 75.7 cm³/mol. The van der Waals surface area contributed by atoms with Gasteiger partial charge in [0, 0.05) is 11.6 Å². The quantitative estimate of drug-likeness (QED) is 0.585. The Bertz CT molecular complexity index is 624. The zero-order chi connectivity index (χ0) is 14.4. The topological polar surface area (TPSA) is 81.9 Å². The third-order valence-electron chi connectivity index (χ3n) is 2.61. The minimum Gasteiger partial charge on any atom is -0.508 e. The lowest BCUT2D eigenvalue weighted by Crippen LogP contribution is -2.19. The van der Waals surface area contributed by atoms with Gasteiger partial charge in [0.15, 0.2) is 0 Å². The van der Waals surface area contributed by atoms with Crippen LogP contribution in [0, 0.1) is 0 Å². The molecule has 0 spiro atoms. The van der Waals surface area contributed by atoms with Crippen molar-refractivity contribution in [1.82, 2.24) is 5.43 Å². The summed E-state index contributed by atoms with van der Waals surface area (Å²) in [6.07, 6.45) is 1.55. The number of hydrogen-bond acceptors (Lipinski definition) is 4. The molecule has 1 amide bonds. The first-order chi connectivity index (χ1) is 9.65. The van der Waals surface area contributed by atoms with Gasteiger partial charge in [-0.15, -0.1) is 0 Å². The third kappa shape index (κ3) is 3.84. The van der Waals surface area contributed by atoms with Gasteiger partial charge in [-0.25, -0.2) is 5.43 Å². The molecule has 2 rings (SSSR count). The second kappa shape index (κ2) is 6.38. The molecule has 5 nitrogen and oxygen atoms in total. The number of phenolic OH excluding ortho intramolecular Hbond substituents is 2. The summed E-state index contributed by atoms with van der Waals surface area (Å²) >= 11 is 0. The van der Waals surface area contributed by atoms with Crippen LogP contribution in [0.1, 0.15) is 11.1 Å². The largest absolute Gasteiger partial charge is 0.508 e. The smallest absolute Gasteiger partial charge is 0.244 e. The van der Waals surface area contributed by atoms with Gasteiger partial charge in [-0.05, 0) is 17.7 Å². The maximum Gasteiger partial charge on any atom is 0.244 e. The number of benzene rings is 2. The highest BCUT2D eigenvalue weighted by molar-refractivity contribution is 5.85. The Hall–Kier alpha value is -2.82. The molecule has 2 aromatic rings. The van der Waals surface area contributed by atoms with Crippen molar-refractivity contribution in [2.45, 2.75) is 6.42 Å². The zero-order valence-electron chi connectivity index (χ0n) is 10.7. The summed E-state index contributed by atoms with van der Waals surface area (Å²) in [5, 5.41) is 22.4. The summed E-state index contributed by atoms with van der Waals surface area (Å²) in [5.41, 5.74) is 3.68. The maximum absolute atomic E-state index is 11.6. The zero-order valence-corrected chi connectivity index (χ0v) is 10.7. The molecule has 0 aliphatic carbocycles. The standard InChI is InChI=1S/C15H14N2O3/c18-13-7-6-12(14(19)9-13)10-16-17-15(20)8-11-4-2-1-3-5-11/h1-7,9-10,18-19H,8H2,(H,17,20)/b16-10-. The van der Waals surface area contributed by atoms with E-state index in [0.717, 1.165) is 5.56 Å². The van der Waals surface area contributed by atoms with Crippen LogP contribution < -0.4 is 5.43 Å². The van der Waals surface area contributed by atoms with Crippen LogP contribution in [-0.2, 0) is 11.2 Å². The maximum atomic E-state index is 11.6. The number of amides is 1. The van der Waals surface area contributed by atoms with E-state index in [0.29, 0.717) is 5.56 Å². The van der Waals surface area contributed by atoms with Gasteiger partial charge in [0.25, 0.3) is 0 Å². The van der Waals surface area contributed by atoms with E-state index >= 15 is 0 Å². The second-order valence-corrected chi connectivity index (χ2v) is 4.20. The Balaban J connectivity index is 1.91. The fourth-order valence-corrected chi connectivity index (χ4v) is 1.64. The molecule has 0 saturated heterocycles. The lowest BCUT2D eigenvalue weighted by Gasteiger charge is -2.01. The number of rotatable bonds is 4. The molecule has 20 heavy (non-hydrogen) atoms. The lowest BCUT2D eigenvalue weighted by atomic mass is 10.1. The molecule has 2 aromatic carbocycles. The van der Waals surface area contributed by atoms with Crippen molar-refractivity contribution in [2.75, 3.05) is 0 Å². The van der Waals surface area contributed by atoms with E-state index in [2.05, 4.69) is 10.5 Å². The summed E-state index contributed by atoms with van der Waals surface area (Å²) in [4.78, 5) is 11.6. The Morgan fingerprint density at radius 1 is 1.15 bits per heavy atom. The number of phenols is 2. The number of nitrogens with one attached hydrogen (secondary N) is 1. The van der Waals surface area contributed by atoms with Crippen LogP contribution in [-0.4, -0.2) is 22.3 Å². The van der Waals surface area contributed by atoms with Gasteiger partial charge >= 0.3 is 0 Å².